The van der Waals surface area contributed by atoms with Crippen LogP contribution in [-0.2, 0) is 0 Å². The van der Waals surface area contributed by atoms with Gasteiger partial charge in [-0.15, -0.1) is 0 Å². The highest BCUT2D eigenvalue weighted by Crippen LogP contribution is 2.60. The van der Waals surface area contributed by atoms with Crippen molar-refractivity contribution in [2.45, 2.75) is 134 Å². The van der Waals surface area contributed by atoms with Gasteiger partial charge in [-0.3, -0.25) is 0 Å². The monoisotopic (exact) mass is 594 g/mol. The quantitative estimate of drug-likeness (QED) is 0.194. The van der Waals surface area contributed by atoms with E-state index < -0.39 is 35.8 Å². The fourth-order valence-corrected chi connectivity index (χ4v) is 7.44. The van der Waals surface area contributed by atoms with Crippen molar-refractivity contribution in [1.82, 2.24) is 0 Å². The predicted octanol–water partition coefficient (Wildman–Crippen LogP) is 6.77. The third-order valence-electron chi connectivity index (χ3n) is 9.50. The number of alkyl halides is 6. The second-order valence-electron chi connectivity index (χ2n) is 13.3. The van der Waals surface area contributed by atoms with E-state index in [4.69, 9.17) is 0 Å². The number of allylic oxidation sites excluding steroid dienone is 3. The lowest BCUT2D eigenvalue weighted by molar-refractivity contribution is -0.343. The molecule has 41 heavy (non-hydrogen) atoms. The van der Waals surface area contributed by atoms with Crippen molar-refractivity contribution in [2.75, 3.05) is 0 Å². The number of aliphatic hydroxyl groups is 4. The van der Waals surface area contributed by atoms with Crippen molar-refractivity contribution in [3.8, 4) is 11.8 Å². The van der Waals surface area contributed by atoms with Crippen LogP contribution in [0.25, 0.3) is 0 Å². The standard InChI is InChI=1S/C31H44F6O4/c1-27(2,40)14-4-7-21(9-6-16-29(41,30(32,33)34)31(35,36)37)25-12-13-26-22(8-5-15-28(25,26)3)11-10-20-17-23(38)19-24(39)18-20/h10-11,21,23-26,38-41H,4-5,7-9,12-15,17-19H2,1-3H3/b22-11+/t21-,23+,24+,25+,26-,28+/m0/s1. The maximum atomic E-state index is 13.2. The van der Waals surface area contributed by atoms with Gasteiger partial charge in [-0.05, 0) is 107 Å². The summed E-state index contributed by atoms with van der Waals surface area (Å²) in [7, 11) is 0. The molecule has 4 nitrogen and oxygen atoms in total. The zero-order chi connectivity index (χ0) is 30.9. The maximum absolute atomic E-state index is 13.2. The van der Waals surface area contributed by atoms with Crippen molar-refractivity contribution in [3.05, 3.63) is 23.3 Å². The number of aliphatic hydroxyl groups excluding tert-OH is 2. The topological polar surface area (TPSA) is 80.9 Å². The zero-order valence-electron chi connectivity index (χ0n) is 24.1. The summed E-state index contributed by atoms with van der Waals surface area (Å²) in [4.78, 5) is 0. The Morgan fingerprint density at radius 2 is 1.59 bits per heavy atom. The molecule has 234 valence electrons. The molecule has 3 aliphatic carbocycles. The van der Waals surface area contributed by atoms with Gasteiger partial charge in [0.05, 0.1) is 17.8 Å². The lowest BCUT2D eigenvalue weighted by Crippen LogP contribution is -2.55. The van der Waals surface area contributed by atoms with Crippen LogP contribution in [-0.4, -0.2) is 56.2 Å². The highest BCUT2D eigenvalue weighted by atomic mass is 19.4. The van der Waals surface area contributed by atoms with Crippen molar-refractivity contribution < 1.29 is 46.8 Å². The van der Waals surface area contributed by atoms with E-state index in [0.29, 0.717) is 38.5 Å². The van der Waals surface area contributed by atoms with Crippen LogP contribution in [0.4, 0.5) is 26.3 Å². The summed E-state index contributed by atoms with van der Waals surface area (Å²) in [5.74, 6) is 3.13. The van der Waals surface area contributed by atoms with E-state index in [-0.39, 0.29) is 29.6 Å². The number of hydrogen-bond acceptors (Lipinski definition) is 4. The molecular formula is C31H44F6O4. The summed E-state index contributed by atoms with van der Waals surface area (Å²) >= 11 is 0. The van der Waals surface area contributed by atoms with E-state index in [1.54, 1.807) is 13.8 Å². The van der Waals surface area contributed by atoms with E-state index in [0.717, 1.165) is 43.6 Å². The molecule has 0 bridgehead atoms. The minimum atomic E-state index is -5.99. The predicted molar refractivity (Wildman–Crippen MR) is 143 cm³/mol. The molecule has 0 spiro atoms. The van der Waals surface area contributed by atoms with Crippen molar-refractivity contribution in [3.63, 3.8) is 0 Å². The third kappa shape index (κ3) is 8.10. The molecule has 4 N–H and O–H groups in total. The summed E-state index contributed by atoms with van der Waals surface area (Å²) in [6, 6.07) is 0. The summed E-state index contributed by atoms with van der Waals surface area (Å²) < 4.78 is 79.2. The Bertz CT molecular complexity index is 1000. The van der Waals surface area contributed by atoms with Crippen molar-refractivity contribution in [1.29, 1.82) is 0 Å². The molecule has 3 aliphatic rings. The van der Waals surface area contributed by atoms with Crippen LogP contribution in [0.1, 0.15) is 97.8 Å². The van der Waals surface area contributed by atoms with E-state index in [1.807, 2.05) is 6.08 Å². The largest absolute Gasteiger partial charge is 0.438 e. The summed E-state index contributed by atoms with van der Waals surface area (Å²) in [5, 5.41) is 39.7. The summed E-state index contributed by atoms with van der Waals surface area (Å²) in [6.07, 6.45) is -2.19. The minimum Gasteiger partial charge on any atom is -0.393 e. The molecule has 0 aromatic carbocycles. The van der Waals surface area contributed by atoms with E-state index in [2.05, 4.69) is 18.9 Å². The van der Waals surface area contributed by atoms with Gasteiger partial charge in [0.15, 0.2) is 0 Å². The summed E-state index contributed by atoms with van der Waals surface area (Å²) in [5.41, 5.74) is -4.05. The van der Waals surface area contributed by atoms with E-state index >= 15 is 0 Å². The lowest BCUT2D eigenvalue weighted by Gasteiger charge is -2.45. The van der Waals surface area contributed by atoms with E-state index in [9.17, 15) is 46.8 Å². The van der Waals surface area contributed by atoms with Crippen LogP contribution < -0.4 is 0 Å². The number of fused-ring (bicyclic) bond motifs is 1. The van der Waals surface area contributed by atoms with Crippen LogP contribution in [0.5, 0.6) is 0 Å². The molecule has 3 saturated carbocycles. The normalized spacial score (nSPS) is 31.4. The van der Waals surface area contributed by atoms with Gasteiger partial charge in [0.25, 0.3) is 0 Å². The molecule has 0 amide bonds. The Morgan fingerprint density at radius 3 is 2.15 bits per heavy atom. The Kier molecular flexibility index (Phi) is 10.4. The molecule has 3 fully saturated rings. The second kappa shape index (κ2) is 12.6. The lowest BCUT2D eigenvalue weighted by atomic mass is 9.60. The molecule has 0 heterocycles. The first-order chi connectivity index (χ1) is 18.8. The van der Waals surface area contributed by atoms with E-state index in [1.165, 1.54) is 5.57 Å². The highest BCUT2D eigenvalue weighted by Gasteiger charge is 2.70. The average molecular weight is 595 g/mol. The Labute approximate surface area is 238 Å². The molecule has 0 radical (unpaired) electrons. The third-order valence-corrected chi connectivity index (χ3v) is 9.50. The summed E-state index contributed by atoms with van der Waals surface area (Å²) in [6.45, 7) is 5.46. The fraction of sp³-hybridized carbons (Fsp3) is 0.806. The first-order valence-corrected chi connectivity index (χ1v) is 14.6. The fourth-order valence-electron chi connectivity index (χ4n) is 7.44. The SMILES string of the molecule is CC(C)(O)CCC[C@@H](CC#CC(O)(C(F)(F)F)C(F)(F)F)[C@H]1CC[C@H]2/C(=C/C=C3C[C@@H](O)C[C@H](O)C3)CCC[C@]12C. The van der Waals surface area contributed by atoms with Crippen molar-refractivity contribution >= 4 is 0 Å². The molecule has 0 unspecified atom stereocenters. The van der Waals surface area contributed by atoms with Gasteiger partial charge in [0.2, 0.25) is 0 Å². The maximum Gasteiger partial charge on any atom is 0.438 e. The van der Waals surface area contributed by atoms with Crippen LogP contribution in [0, 0.1) is 35.0 Å². The first-order valence-electron chi connectivity index (χ1n) is 14.6. The van der Waals surface area contributed by atoms with Gasteiger partial charge in [0.1, 0.15) is 0 Å². The molecule has 0 saturated heterocycles. The van der Waals surface area contributed by atoms with Gasteiger partial charge >= 0.3 is 18.0 Å². The molecule has 0 aromatic heterocycles. The van der Waals surface area contributed by atoms with Gasteiger partial charge in [-0.2, -0.15) is 26.3 Å². The Balaban J connectivity index is 1.87. The molecule has 0 aromatic rings. The molecule has 0 aliphatic heterocycles. The van der Waals surface area contributed by atoms with Crippen LogP contribution >= 0.6 is 0 Å². The van der Waals surface area contributed by atoms with Gasteiger partial charge in [0, 0.05) is 6.42 Å². The van der Waals surface area contributed by atoms with Crippen LogP contribution in [0.15, 0.2) is 23.3 Å². The first kappa shape index (κ1) is 34.0. The molecule has 10 heteroatoms. The second-order valence-corrected chi connectivity index (χ2v) is 13.3. The number of halogens is 6. The minimum absolute atomic E-state index is 0.00292. The smallest absolute Gasteiger partial charge is 0.393 e. The molecular weight excluding hydrogens is 550 g/mol. The van der Waals surface area contributed by atoms with Gasteiger partial charge in [-0.1, -0.05) is 42.6 Å². The Morgan fingerprint density at radius 1 is 0.976 bits per heavy atom. The van der Waals surface area contributed by atoms with Crippen LogP contribution in [0.3, 0.4) is 0 Å². The van der Waals surface area contributed by atoms with Crippen LogP contribution in [0.2, 0.25) is 0 Å². The molecule has 3 rings (SSSR count). The highest BCUT2D eigenvalue weighted by molar-refractivity contribution is 5.27. The average Bonchev–Trinajstić information content (AvgIpc) is 3.16. The van der Waals surface area contributed by atoms with Gasteiger partial charge < -0.3 is 20.4 Å². The number of rotatable bonds is 7. The molecule has 6 atom stereocenters. The Hall–Kier alpha value is -1.54. The number of hydrogen-bond donors (Lipinski definition) is 4. The van der Waals surface area contributed by atoms with Gasteiger partial charge in [-0.25, -0.2) is 0 Å². The van der Waals surface area contributed by atoms with Crippen molar-refractivity contribution in [2.24, 2.45) is 23.2 Å². The zero-order valence-corrected chi connectivity index (χ0v) is 24.1.